The summed E-state index contributed by atoms with van der Waals surface area (Å²) in [5, 5.41) is 14.1. The van der Waals surface area contributed by atoms with Gasteiger partial charge in [-0.25, -0.2) is 15.4 Å². The Balaban J connectivity index is 1.33. The molecule has 4 rings (SSSR count). The molecule has 0 saturated carbocycles. The van der Waals surface area contributed by atoms with Crippen molar-refractivity contribution in [2.24, 2.45) is 0 Å². The highest BCUT2D eigenvalue weighted by Crippen LogP contribution is 2.25. The first-order chi connectivity index (χ1) is 16.0. The normalized spacial score (nSPS) is 11.8. The molecule has 0 bridgehead atoms. The van der Waals surface area contributed by atoms with Gasteiger partial charge in [-0.3, -0.25) is 19.6 Å². The molecule has 4 N–H and O–H groups in total. The maximum Gasteiger partial charge on any atom is 0.274 e. The molecule has 1 aromatic heterocycles. The van der Waals surface area contributed by atoms with Gasteiger partial charge in [0.25, 0.3) is 17.7 Å². The van der Waals surface area contributed by atoms with Gasteiger partial charge < -0.3 is 15.4 Å². The summed E-state index contributed by atoms with van der Waals surface area (Å²) in [6.45, 7) is 1.18. The molecule has 10 nitrogen and oxygen atoms in total. The predicted octanol–water partition coefficient (Wildman–Crippen LogP) is 1.39. The van der Waals surface area contributed by atoms with E-state index in [0.29, 0.717) is 13.2 Å². The van der Waals surface area contributed by atoms with Crippen LogP contribution in [0, 0.1) is 0 Å². The zero-order valence-corrected chi connectivity index (χ0v) is 17.5. The Kier molecular flexibility index (Phi) is 6.56. The second-order valence-electron chi connectivity index (χ2n) is 7.33. The van der Waals surface area contributed by atoms with E-state index in [9.17, 15) is 14.4 Å². The van der Waals surface area contributed by atoms with E-state index in [2.05, 4.69) is 20.6 Å². The smallest absolute Gasteiger partial charge is 0.274 e. The van der Waals surface area contributed by atoms with Crippen LogP contribution < -0.4 is 20.9 Å². The minimum Gasteiger partial charge on any atom is -0.493 e. The first-order valence-corrected chi connectivity index (χ1v) is 10.2. The topological polar surface area (TPSA) is 143 Å². The Labute approximate surface area is 189 Å². The van der Waals surface area contributed by atoms with Crippen molar-refractivity contribution >= 4 is 17.7 Å². The van der Waals surface area contributed by atoms with Crippen LogP contribution in [0.4, 0.5) is 0 Å². The Morgan fingerprint density at radius 3 is 2.15 bits per heavy atom. The second-order valence-corrected chi connectivity index (χ2v) is 7.33. The lowest BCUT2D eigenvalue weighted by molar-refractivity contribution is 0.0706. The van der Waals surface area contributed by atoms with Gasteiger partial charge in [-0.2, -0.15) is 0 Å². The molecular weight excluding hydrogens is 426 g/mol. The molecule has 0 atom stereocenters. The average molecular weight is 447 g/mol. The first kappa shape index (κ1) is 21.9. The molecule has 0 unspecified atom stereocenters. The number of rotatable bonds is 7. The van der Waals surface area contributed by atoms with Gasteiger partial charge in [0.1, 0.15) is 23.5 Å². The zero-order chi connectivity index (χ0) is 23.2. The van der Waals surface area contributed by atoms with Gasteiger partial charge in [-0.05, 0) is 34.9 Å². The molecule has 0 aliphatic carbocycles. The lowest BCUT2D eigenvalue weighted by atomic mass is 10.1. The van der Waals surface area contributed by atoms with Crippen LogP contribution >= 0.6 is 0 Å². The van der Waals surface area contributed by atoms with Crippen molar-refractivity contribution in [1.29, 1.82) is 0 Å². The maximum atomic E-state index is 12.5. The summed E-state index contributed by atoms with van der Waals surface area (Å²) in [6.07, 6.45) is 2.02. The number of hydrogen-bond donors (Lipinski definition) is 4. The summed E-state index contributed by atoms with van der Waals surface area (Å²) < 4.78 is 5.48. The van der Waals surface area contributed by atoms with Gasteiger partial charge in [-0.1, -0.05) is 24.3 Å². The quantitative estimate of drug-likeness (QED) is 0.317. The number of carbonyl (C=O) groups is 3. The highest BCUT2D eigenvalue weighted by atomic mass is 16.5. The molecule has 2 aromatic carbocycles. The third-order valence-electron chi connectivity index (χ3n) is 5.11. The standard InChI is InChI=1S/C23H21N5O5/c29-21(28-32)16-4-1-14(2-5-16)11-24-22(30)18-10-19(27-13-26-18)23(31)25-12-15-3-6-20-17(9-15)7-8-33-20/h1-6,9-10,13,32H,7-8,11-12H2,(H,24,30)(H,25,31)(H,28,29). The average Bonchev–Trinajstić information content (AvgIpc) is 3.33. The largest absolute Gasteiger partial charge is 0.493 e. The summed E-state index contributed by atoms with van der Waals surface area (Å²) in [7, 11) is 0. The molecule has 1 aliphatic heterocycles. The van der Waals surface area contributed by atoms with E-state index in [0.717, 1.165) is 28.9 Å². The van der Waals surface area contributed by atoms with Crippen LogP contribution in [-0.2, 0) is 19.5 Å². The van der Waals surface area contributed by atoms with Crippen LogP contribution in [0.15, 0.2) is 54.9 Å². The molecule has 168 valence electrons. The number of carbonyl (C=O) groups excluding carboxylic acids is 3. The van der Waals surface area contributed by atoms with Gasteiger partial charge in [-0.15, -0.1) is 0 Å². The number of nitrogens with one attached hydrogen (secondary N) is 3. The van der Waals surface area contributed by atoms with Crippen molar-refractivity contribution in [3.8, 4) is 5.75 Å². The summed E-state index contributed by atoms with van der Waals surface area (Å²) in [6, 6.07) is 13.5. The van der Waals surface area contributed by atoms with Crippen LogP contribution in [0.25, 0.3) is 0 Å². The molecule has 0 saturated heterocycles. The highest BCUT2D eigenvalue weighted by Gasteiger charge is 2.15. The van der Waals surface area contributed by atoms with E-state index in [1.807, 2.05) is 18.2 Å². The molecular formula is C23H21N5O5. The van der Waals surface area contributed by atoms with E-state index >= 15 is 0 Å². The summed E-state index contributed by atoms with van der Waals surface area (Å²) in [5.74, 6) is -0.631. The fourth-order valence-electron chi connectivity index (χ4n) is 3.34. The minimum absolute atomic E-state index is 0.0566. The summed E-state index contributed by atoms with van der Waals surface area (Å²) >= 11 is 0. The van der Waals surface area contributed by atoms with Gasteiger partial charge >= 0.3 is 0 Å². The number of nitrogens with zero attached hydrogens (tertiary/aromatic N) is 2. The first-order valence-electron chi connectivity index (χ1n) is 10.2. The Morgan fingerprint density at radius 2 is 1.48 bits per heavy atom. The number of hydroxylamine groups is 1. The van der Waals surface area contributed by atoms with Crippen LogP contribution in [0.2, 0.25) is 0 Å². The molecule has 2 heterocycles. The predicted molar refractivity (Wildman–Crippen MR) is 116 cm³/mol. The van der Waals surface area contributed by atoms with Crippen LogP contribution in [0.5, 0.6) is 5.75 Å². The van der Waals surface area contributed by atoms with Crippen molar-refractivity contribution in [3.05, 3.63) is 88.5 Å². The third-order valence-corrected chi connectivity index (χ3v) is 5.11. The molecule has 1 aliphatic rings. The SMILES string of the molecule is O=C(NO)c1ccc(CNC(=O)c2cc(C(=O)NCc3ccc4c(c3)CCO4)ncn2)cc1. The third kappa shape index (κ3) is 5.31. The van der Waals surface area contributed by atoms with Crippen molar-refractivity contribution < 1.29 is 24.3 Å². The van der Waals surface area contributed by atoms with Crippen LogP contribution in [0.3, 0.4) is 0 Å². The number of amides is 3. The summed E-state index contributed by atoms with van der Waals surface area (Å²) in [4.78, 5) is 44.2. The molecule has 3 aromatic rings. The molecule has 10 heteroatoms. The van der Waals surface area contributed by atoms with E-state index in [1.165, 1.54) is 24.5 Å². The van der Waals surface area contributed by atoms with Crippen LogP contribution in [0.1, 0.15) is 48.0 Å². The molecule has 0 spiro atoms. The number of ether oxygens (including phenoxy) is 1. The summed E-state index contributed by atoms with van der Waals surface area (Å²) in [5.41, 5.74) is 4.78. The lowest BCUT2D eigenvalue weighted by Crippen LogP contribution is -2.27. The highest BCUT2D eigenvalue weighted by molar-refractivity contribution is 5.97. The van der Waals surface area contributed by atoms with Crippen LogP contribution in [-0.4, -0.2) is 39.5 Å². The number of benzene rings is 2. The van der Waals surface area contributed by atoms with E-state index in [-0.39, 0.29) is 23.5 Å². The maximum absolute atomic E-state index is 12.5. The molecule has 33 heavy (non-hydrogen) atoms. The van der Waals surface area contributed by atoms with Crippen molar-refractivity contribution in [2.75, 3.05) is 6.61 Å². The van der Waals surface area contributed by atoms with Crippen molar-refractivity contribution in [2.45, 2.75) is 19.5 Å². The Hall–Kier alpha value is -4.31. The van der Waals surface area contributed by atoms with Crippen molar-refractivity contribution in [1.82, 2.24) is 26.1 Å². The number of aromatic nitrogens is 2. The number of fused-ring (bicyclic) bond motifs is 1. The molecule has 3 amide bonds. The Bertz CT molecular complexity index is 1200. The van der Waals surface area contributed by atoms with Crippen molar-refractivity contribution in [3.63, 3.8) is 0 Å². The second kappa shape index (κ2) is 9.88. The van der Waals surface area contributed by atoms with E-state index in [4.69, 9.17) is 9.94 Å². The zero-order valence-electron chi connectivity index (χ0n) is 17.5. The van der Waals surface area contributed by atoms with Gasteiger partial charge in [0.15, 0.2) is 0 Å². The fraction of sp³-hybridized carbons (Fsp3) is 0.174. The van der Waals surface area contributed by atoms with E-state index in [1.54, 1.807) is 17.6 Å². The number of hydrogen-bond acceptors (Lipinski definition) is 7. The van der Waals surface area contributed by atoms with Gasteiger partial charge in [0, 0.05) is 31.1 Å². The fourth-order valence-corrected chi connectivity index (χ4v) is 3.34. The van der Waals surface area contributed by atoms with Gasteiger partial charge in [0.2, 0.25) is 0 Å². The molecule has 0 fully saturated rings. The monoisotopic (exact) mass is 447 g/mol. The minimum atomic E-state index is -0.623. The van der Waals surface area contributed by atoms with E-state index < -0.39 is 17.7 Å². The van der Waals surface area contributed by atoms with Gasteiger partial charge in [0.05, 0.1) is 6.61 Å². The molecule has 0 radical (unpaired) electrons. The lowest BCUT2D eigenvalue weighted by Gasteiger charge is -2.08. The Morgan fingerprint density at radius 1 is 0.848 bits per heavy atom.